The van der Waals surface area contributed by atoms with Crippen LogP contribution < -0.4 is 16.4 Å². The molecule has 1 aromatic heterocycles. The van der Waals surface area contributed by atoms with Gasteiger partial charge in [0.15, 0.2) is 0 Å². The number of aromatic nitrogens is 1. The third kappa shape index (κ3) is 5.31. The minimum atomic E-state index is -0.813. The van der Waals surface area contributed by atoms with Crippen LogP contribution in [0.2, 0.25) is 0 Å². The second kappa shape index (κ2) is 9.34. The van der Waals surface area contributed by atoms with Crippen molar-refractivity contribution < 1.29 is 14.7 Å². The number of carbonyl (C=O) groups is 2. The molecule has 1 aliphatic rings. The molecule has 2 amide bonds. The number of amides is 2. The molecule has 2 heterocycles. The topological polar surface area (TPSA) is 117 Å². The van der Waals surface area contributed by atoms with E-state index in [1.807, 2.05) is 26.3 Å². The zero-order valence-corrected chi connectivity index (χ0v) is 18.5. The van der Waals surface area contributed by atoms with Crippen LogP contribution in [0.25, 0.3) is 10.4 Å². The lowest BCUT2D eigenvalue weighted by molar-refractivity contribution is -0.133. The number of aryl methyl sites for hydroxylation is 2. The fourth-order valence-corrected chi connectivity index (χ4v) is 4.39. The normalized spacial score (nSPS) is 20.2. The molecule has 3 atom stereocenters. The molecule has 0 radical (unpaired) electrons. The Morgan fingerprint density at radius 1 is 1.37 bits per heavy atom. The third-order valence-electron chi connectivity index (χ3n) is 5.81. The van der Waals surface area contributed by atoms with Crippen molar-refractivity contribution in [1.82, 2.24) is 15.6 Å². The molecule has 30 heavy (non-hydrogen) atoms. The highest BCUT2D eigenvalue weighted by Crippen LogP contribution is 2.29. The van der Waals surface area contributed by atoms with Crippen LogP contribution in [0.1, 0.15) is 37.9 Å². The molecular formula is C22H30N4O3S. The van der Waals surface area contributed by atoms with Crippen LogP contribution in [0.5, 0.6) is 0 Å². The number of aliphatic hydroxyl groups excluding tert-OH is 1. The summed E-state index contributed by atoms with van der Waals surface area (Å²) in [6, 6.07) is 7.01. The Morgan fingerprint density at radius 2 is 2.07 bits per heavy atom. The molecule has 1 aliphatic heterocycles. The fourth-order valence-electron chi connectivity index (χ4n) is 3.58. The largest absolute Gasteiger partial charge is 0.392 e. The maximum Gasteiger partial charge on any atom is 0.244 e. The number of nitrogens with zero attached hydrogens (tertiary/aromatic N) is 1. The summed E-state index contributed by atoms with van der Waals surface area (Å²) in [6.07, 6.45) is 1.22. The van der Waals surface area contributed by atoms with Gasteiger partial charge in [-0.25, -0.2) is 4.98 Å². The van der Waals surface area contributed by atoms with Gasteiger partial charge in [-0.2, -0.15) is 0 Å². The highest BCUT2D eigenvalue weighted by Gasteiger charge is 2.35. The van der Waals surface area contributed by atoms with Gasteiger partial charge in [0, 0.05) is 6.54 Å². The van der Waals surface area contributed by atoms with E-state index >= 15 is 0 Å². The van der Waals surface area contributed by atoms with Crippen molar-refractivity contribution in [3.05, 3.63) is 41.0 Å². The van der Waals surface area contributed by atoms with Crippen LogP contribution in [0, 0.1) is 12.3 Å². The van der Waals surface area contributed by atoms with Gasteiger partial charge in [0.05, 0.1) is 34.3 Å². The van der Waals surface area contributed by atoms with Crippen LogP contribution in [-0.4, -0.2) is 46.6 Å². The van der Waals surface area contributed by atoms with E-state index < -0.39 is 35.4 Å². The van der Waals surface area contributed by atoms with Gasteiger partial charge in [-0.3, -0.25) is 14.9 Å². The molecule has 0 unspecified atom stereocenters. The van der Waals surface area contributed by atoms with Gasteiger partial charge in [-0.15, -0.1) is 11.3 Å². The number of hydrogen-bond acceptors (Lipinski definition) is 7. The summed E-state index contributed by atoms with van der Waals surface area (Å²) < 4.78 is 0. The highest BCUT2D eigenvalue weighted by atomic mass is 32.1. The van der Waals surface area contributed by atoms with E-state index in [-0.39, 0.29) is 0 Å². The summed E-state index contributed by atoms with van der Waals surface area (Å²) in [5, 5.41) is 14.8. The monoisotopic (exact) mass is 430 g/mol. The van der Waals surface area contributed by atoms with Crippen molar-refractivity contribution in [2.45, 2.75) is 58.2 Å². The SMILES string of the molecule is Cc1ncsc1-c1ccc(CCC(C)(C)[C@H](N)C(=O)NC(=O)[C@@H]2C[C@@H](O)CN2)cc1. The lowest BCUT2D eigenvalue weighted by atomic mass is 9.79. The Balaban J connectivity index is 1.54. The predicted molar refractivity (Wildman–Crippen MR) is 118 cm³/mol. The van der Waals surface area contributed by atoms with E-state index in [9.17, 15) is 14.7 Å². The summed E-state index contributed by atoms with van der Waals surface area (Å²) in [5.41, 5.74) is 10.9. The van der Waals surface area contributed by atoms with E-state index in [4.69, 9.17) is 5.73 Å². The molecule has 1 saturated heterocycles. The molecule has 1 aromatic carbocycles. The second-order valence-corrected chi connectivity index (χ2v) is 9.49. The van der Waals surface area contributed by atoms with Crippen molar-refractivity contribution >= 4 is 23.2 Å². The van der Waals surface area contributed by atoms with E-state index in [0.29, 0.717) is 19.4 Å². The number of thiazole rings is 1. The van der Waals surface area contributed by atoms with Crippen LogP contribution in [-0.2, 0) is 16.0 Å². The van der Waals surface area contributed by atoms with Crippen LogP contribution >= 0.6 is 11.3 Å². The Bertz CT molecular complexity index is 894. The number of hydrogen-bond donors (Lipinski definition) is 4. The number of β-amino-alcohol motifs (C(OH)–C–C–N with tert-alkyl or cyclic N) is 1. The number of nitrogens with one attached hydrogen (secondary N) is 2. The van der Waals surface area contributed by atoms with Crippen molar-refractivity contribution in [3.63, 3.8) is 0 Å². The number of rotatable bonds is 7. The standard InChI is InChI=1S/C22H30N4O3S/c1-13-18(30-12-25-13)15-6-4-14(5-7-15)8-9-22(2,3)19(23)21(29)26-20(28)17-10-16(27)11-24-17/h4-7,12,16-17,19,24,27H,8-11,23H2,1-3H3,(H,26,28,29)/t16-,17+,19-/m1/s1. The molecule has 0 aliphatic carbocycles. The first-order chi connectivity index (χ1) is 14.2. The molecule has 2 aromatic rings. The lowest BCUT2D eigenvalue weighted by Gasteiger charge is -2.30. The zero-order valence-electron chi connectivity index (χ0n) is 17.6. The second-order valence-electron chi connectivity index (χ2n) is 8.63. The van der Waals surface area contributed by atoms with Crippen molar-refractivity contribution in [1.29, 1.82) is 0 Å². The molecule has 5 N–H and O–H groups in total. The lowest BCUT2D eigenvalue weighted by Crippen LogP contribution is -2.54. The summed E-state index contributed by atoms with van der Waals surface area (Å²) in [4.78, 5) is 30.2. The van der Waals surface area contributed by atoms with Gasteiger partial charge >= 0.3 is 0 Å². The molecule has 0 spiro atoms. The van der Waals surface area contributed by atoms with E-state index in [1.165, 1.54) is 10.4 Å². The minimum Gasteiger partial charge on any atom is -0.392 e. The van der Waals surface area contributed by atoms with Crippen LogP contribution in [0.4, 0.5) is 0 Å². The van der Waals surface area contributed by atoms with Crippen molar-refractivity contribution in [2.75, 3.05) is 6.54 Å². The first-order valence-corrected chi connectivity index (χ1v) is 11.1. The number of imide groups is 1. The van der Waals surface area contributed by atoms with E-state index in [0.717, 1.165) is 17.7 Å². The highest BCUT2D eigenvalue weighted by molar-refractivity contribution is 7.13. The van der Waals surface area contributed by atoms with E-state index in [2.05, 4.69) is 39.9 Å². The number of aliphatic hydroxyl groups is 1. The quantitative estimate of drug-likeness (QED) is 0.532. The van der Waals surface area contributed by atoms with Crippen LogP contribution in [0.15, 0.2) is 29.8 Å². The van der Waals surface area contributed by atoms with Gasteiger partial charge in [0.1, 0.15) is 0 Å². The maximum absolute atomic E-state index is 12.5. The Labute approximate surface area is 181 Å². The average molecular weight is 431 g/mol. The fraction of sp³-hybridized carbons (Fsp3) is 0.500. The molecule has 3 rings (SSSR count). The molecule has 162 valence electrons. The zero-order chi connectivity index (χ0) is 21.9. The van der Waals surface area contributed by atoms with Gasteiger partial charge < -0.3 is 16.2 Å². The maximum atomic E-state index is 12.5. The summed E-state index contributed by atoms with van der Waals surface area (Å²) >= 11 is 1.63. The van der Waals surface area contributed by atoms with Gasteiger partial charge in [0.25, 0.3) is 0 Å². The minimum absolute atomic E-state index is 0.300. The first kappa shape index (κ1) is 22.6. The summed E-state index contributed by atoms with van der Waals surface area (Å²) in [5.74, 6) is -0.916. The third-order valence-corrected chi connectivity index (χ3v) is 6.79. The first-order valence-electron chi connectivity index (χ1n) is 10.2. The smallest absolute Gasteiger partial charge is 0.244 e. The van der Waals surface area contributed by atoms with E-state index in [1.54, 1.807) is 11.3 Å². The summed E-state index contributed by atoms with van der Waals surface area (Å²) in [7, 11) is 0. The molecule has 0 saturated carbocycles. The van der Waals surface area contributed by atoms with Gasteiger partial charge in [-0.05, 0) is 42.7 Å². The Kier molecular flexibility index (Phi) is 7.02. The average Bonchev–Trinajstić information content (AvgIpc) is 3.34. The van der Waals surface area contributed by atoms with Crippen LogP contribution in [0.3, 0.4) is 0 Å². The molecule has 0 bridgehead atoms. The molecule has 7 nitrogen and oxygen atoms in total. The molecule has 1 fully saturated rings. The Hall–Kier alpha value is -2.13. The van der Waals surface area contributed by atoms with Crippen molar-refractivity contribution in [3.8, 4) is 10.4 Å². The van der Waals surface area contributed by atoms with Gasteiger partial charge in [-0.1, -0.05) is 38.1 Å². The molecular weight excluding hydrogens is 400 g/mol. The number of benzene rings is 1. The van der Waals surface area contributed by atoms with Gasteiger partial charge in [0.2, 0.25) is 11.8 Å². The Morgan fingerprint density at radius 3 is 2.63 bits per heavy atom. The molecule has 8 heteroatoms. The summed E-state index contributed by atoms with van der Waals surface area (Å²) in [6.45, 7) is 6.23. The van der Waals surface area contributed by atoms with Crippen molar-refractivity contribution in [2.24, 2.45) is 11.1 Å². The predicted octanol–water partition coefficient (Wildman–Crippen LogP) is 1.77. The number of nitrogens with two attached hydrogens (primary N) is 1. The number of carbonyl (C=O) groups excluding carboxylic acids is 2.